The molecule has 1 rings (SSSR count). The van der Waals surface area contributed by atoms with Gasteiger partial charge in [0.1, 0.15) is 0 Å². The fourth-order valence-corrected chi connectivity index (χ4v) is 2.92. The average molecular weight is 360 g/mol. The molecule has 0 aliphatic heterocycles. The first-order valence-electron chi connectivity index (χ1n) is 8.01. The minimum absolute atomic E-state index is 0.317. The van der Waals surface area contributed by atoms with Gasteiger partial charge in [-0.3, -0.25) is 4.68 Å². The number of ether oxygens (including phenoxy) is 1. The van der Waals surface area contributed by atoms with Crippen LogP contribution in [0.5, 0.6) is 0 Å². The zero-order chi connectivity index (χ0) is 15.8. The van der Waals surface area contributed by atoms with Crippen molar-refractivity contribution in [1.82, 2.24) is 15.1 Å². The van der Waals surface area contributed by atoms with Crippen molar-refractivity contribution in [1.29, 1.82) is 0 Å². The van der Waals surface area contributed by atoms with Gasteiger partial charge in [0, 0.05) is 26.1 Å². The molecule has 0 amide bonds. The van der Waals surface area contributed by atoms with Gasteiger partial charge in [0.05, 0.1) is 22.0 Å². The summed E-state index contributed by atoms with van der Waals surface area (Å²) in [6.45, 7) is 10.5. The largest absolute Gasteiger partial charge is 0.382 e. The lowest BCUT2D eigenvalue weighted by atomic mass is 10.0. The standard InChI is InChI=1S/C16H30BrN3O/c1-6-10-18-14(9-8-12(3)21-5)11-15-16(17)13(4)19-20(15)7-2/h12,14,18H,6-11H2,1-5H3. The number of aryl methyl sites for hydroxylation is 2. The lowest BCUT2D eigenvalue weighted by Crippen LogP contribution is -2.33. The molecule has 0 aliphatic rings. The number of nitrogens with zero attached hydrogens (tertiary/aromatic N) is 2. The fraction of sp³-hybridized carbons (Fsp3) is 0.812. The smallest absolute Gasteiger partial charge is 0.0738 e. The van der Waals surface area contributed by atoms with Crippen molar-refractivity contribution in [2.45, 2.75) is 72.1 Å². The third-order valence-corrected chi connectivity index (χ3v) is 4.93. The summed E-state index contributed by atoms with van der Waals surface area (Å²) >= 11 is 3.70. The quantitative estimate of drug-likeness (QED) is 0.692. The van der Waals surface area contributed by atoms with E-state index in [9.17, 15) is 0 Å². The average Bonchev–Trinajstić information content (AvgIpc) is 2.76. The molecule has 0 saturated carbocycles. The minimum Gasteiger partial charge on any atom is -0.382 e. The van der Waals surface area contributed by atoms with Gasteiger partial charge in [-0.25, -0.2) is 0 Å². The van der Waals surface area contributed by atoms with Crippen LogP contribution in [-0.2, 0) is 17.7 Å². The molecule has 0 fully saturated rings. The first kappa shape index (κ1) is 18.7. The van der Waals surface area contributed by atoms with E-state index in [1.54, 1.807) is 7.11 Å². The first-order valence-corrected chi connectivity index (χ1v) is 8.80. The Morgan fingerprint density at radius 1 is 1.33 bits per heavy atom. The SMILES string of the molecule is CCCNC(CCC(C)OC)Cc1c(Br)c(C)nn1CC. The number of rotatable bonds is 10. The van der Waals surface area contributed by atoms with Crippen LogP contribution in [0.2, 0.25) is 0 Å². The molecular formula is C16H30BrN3O. The zero-order valence-electron chi connectivity index (χ0n) is 14.1. The van der Waals surface area contributed by atoms with E-state index in [0.29, 0.717) is 12.1 Å². The molecule has 5 heteroatoms. The summed E-state index contributed by atoms with van der Waals surface area (Å²) in [5, 5.41) is 8.26. The van der Waals surface area contributed by atoms with Gasteiger partial charge in [0.2, 0.25) is 0 Å². The summed E-state index contributed by atoms with van der Waals surface area (Å²) in [5.41, 5.74) is 2.38. The molecule has 2 unspecified atom stereocenters. The van der Waals surface area contributed by atoms with Crippen molar-refractivity contribution in [2.24, 2.45) is 0 Å². The number of methoxy groups -OCH3 is 1. The van der Waals surface area contributed by atoms with Gasteiger partial charge in [-0.15, -0.1) is 0 Å². The number of hydrogen-bond acceptors (Lipinski definition) is 3. The van der Waals surface area contributed by atoms with E-state index < -0.39 is 0 Å². The molecule has 1 N–H and O–H groups in total. The lowest BCUT2D eigenvalue weighted by Gasteiger charge is -2.21. The topological polar surface area (TPSA) is 39.1 Å². The molecule has 1 aromatic heterocycles. The maximum Gasteiger partial charge on any atom is 0.0738 e. The maximum atomic E-state index is 5.37. The van der Waals surface area contributed by atoms with Gasteiger partial charge in [-0.1, -0.05) is 6.92 Å². The second kappa shape index (κ2) is 9.59. The van der Waals surface area contributed by atoms with Gasteiger partial charge < -0.3 is 10.1 Å². The first-order chi connectivity index (χ1) is 10.0. The third-order valence-electron chi connectivity index (χ3n) is 3.90. The van der Waals surface area contributed by atoms with E-state index in [0.717, 1.165) is 48.9 Å². The van der Waals surface area contributed by atoms with Crippen molar-refractivity contribution < 1.29 is 4.74 Å². The summed E-state index contributed by atoms with van der Waals surface area (Å²) in [7, 11) is 1.78. The summed E-state index contributed by atoms with van der Waals surface area (Å²) in [6, 6.07) is 0.472. The Labute approximate surface area is 137 Å². The molecule has 21 heavy (non-hydrogen) atoms. The molecule has 0 bridgehead atoms. The Morgan fingerprint density at radius 2 is 2.05 bits per heavy atom. The fourth-order valence-electron chi connectivity index (χ4n) is 2.48. The molecule has 122 valence electrons. The van der Waals surface area contributed by atoms with Gasteiger partial charge in [0.25, 0.3) is 0 Å². The molecule has 0 aliphatic carbocycles. The van der Waals surface area contributed by atoms with E-state index in [1.165, 1.54) is 5.69 Å². The van der Waals surface area contributed by atoms with Crippen LogP contribution >= 0.6 is 15.9 Å². The van der Waals surface area contributed by atoms with Crippen LogP contribution in [-0.4, -0.2) is 35.6 Å². The van der Waals surface area contributed by atoms with Crippen LogP contribution in [0.25, 0.3) is 0 Å². The number of hydrogen-bond donors (Lipinski definition) is 1. The normalized spacial score (nSPS) is 14.4. The van der Waals surface area contributed by atoms with Crippen molar-refractivity contribution in [3.05, 3.63) is 15.9 Å². The highest BCUT2D eigenvalue weighted by Gasteiger charge is 2.18. The Bertz CT molecular complexity index is 420. The highest BCUT2D eigenvalue weighted by molar-refractivity contribution is 9.10. The monoisotopic (exact) mass is 359 g/mol. The van der Waals surface area contributed by atoms with Crippen molar-refractivity contribution in [3.8, 4) is 0 Å². The van der Waals surface area contributed by atoms with Crippen molar-refractivity contribution in [3.63, 3.8) is 0 Å². The van der Waals surface area contributed by atoms with Crippen LogP contribution in [0.15, 0.2) is 4.47 Å². The highest BCUT2D eigenvalue weighted by atomic mass is 79.9. The van der Waals surface area contributed by atoms with E-state index in [1.807, 2.05) is 0 Å². The van der Waals surface area contributed by atoms with Crippen molar-refractivity contribution >= 4 is 15.9 Å². The van der Waals surface area contributed by atoms with E-state index >= 15 is 0 Å². The van der Waals surface area contributed by atoms with Crippen LogP contribution in [0.1, 0.15) is 51.4 Å². The van der Waals surface area contributed by atoms with Gasteiger partial charge >= 0.3 is 0 Å². The maximum absolute atomic E-state index is 5.37. The third kappa shape index (κ3) is 5.72. The number of nitrogens with one attached hydrogen (secondary N) is 1. The number of halogens is 1. The summed E-state index contributed by atoms with van der Waals surface area (Å²) in [4.78, 5) is 0. The molecule has 0 spiro atoms. The van der Waals surface area contributed by atoms with E-state index in [4.69, 9.17) is 4.74 Å². The molecule has 0 radical (unpaired) electrons. The Morgan fingerprint density at radius 3 is 2.62 bits per heavy atom. The predicted molar refractivity (Wildman–Crippen MR) is 91.8 cm³/mol. The molecule has 1 aromatic rings. The molecule has 2 atom stereocenters. The second-order valence-corrected chi connectivity index (χ2v) is 6.43. The van der Waals surface area contributed by atoms with Crippen LogP contribution in [0, 0.1) is 6.92 Å². The summed E-state index contributed by atoms with van der Waals surface area (Å²) in [5.74, 6) is 0. The zero-order valence-corrected chi connectivity index (χ0v) is 15.7. The van der Waals surface area contributed by atoms with E-state index in [2.05, 4.69) is 58.7 Å². The molecule has 4 nitrogen and oxygen atoms in total. The summed E-state index contributed by atoms with van der Waals surface area (Å²) in [6.07, 6.45) is 4.68. The molecule has 0 saturated heterocycles. The van der Waals surface area contributed by atoms with Gasteiger partial charge in [-0.2, -0.15) is 5.10 Å². The predicted octanol–water partition coefficient (Wildman–Crippen LogP) is 3.70. The van der Waals surface area contributed by atoms with Gasteiger partial charge in [0.15, 0.2) is 0 Å². The molecule has 1 heterocycles. The van der Waals surface area contributed by atoms with Crippen molar-refractivity contribution in [2.75, 3.05) is 13.7 Å². The Balaban J connectivity index is 2.75. The Kier molecular flexibility index (Phi) is 8.52. The highest BCUT2D eigenvalue weighted by Crippen LogP contribution is 2.23. The minimum atomic E-state index is 0.317. The second-order valence-electron chi connectivity index (χ2n) is 5.64. The molecular weight excluding hydrogens is 330 g/mol. The Hall–Kier alpha value is -0.390. The molecule has 0 aromatic carbocycles. The van der Waals surface area contributed by atoms with E-state index in [-0.39, 0.29) is 0 Å². The van der Waals surface area contributed by atoms with Gasteiger partial charge in [-0.05, 0) is 62.5 Å². The lowest BCUT2D eigenvalue weighted by molar-refractivity contribution is 0.106. The summed E-state index contributed by atoms with van der Waals surface area (Å²) < 4.78 is 8.64. The number of aromatic nitrogens is 2. The van der Waals surface area contributed by atoms with Crippen LogP contribution in [0.3, 0.4) is 0 Å². The van der Waals surface area contributed by atoms with Crippen LogP contribution in [0.4, 0.5) is 0 Å². The van der Waals surface area contributed by atoms with Crippen LogP contribution < -0.4 is 5.32 Å².